The Bertz CT molecular complexity index is 568. The molecule has 2 rings (SSSR count). The molecule has 92 valence electrons. The van der Waals surface area contributed by atoms with E-state index >= 15 is 0 Å². The van der Waals surface area contributed by atoms with E-state index < -0.39 is 0 Å². The lowest BCUT2D eigenvalue weighted by atomic mass is 10.1. The highest BCUT2D eigenvalue weighted by atomic mass is 16.5. The molecule has 0 fully saturated rings. The highest BCUT2D eigenvalue weighted by Crippen LogP contribution is 2.12. The predicted octanol–water partition coefficient (Wildman–Crippen LogP) is 2.55. The largest absolute Gasteiger partial charge is 0.497 e. The fraction of sp³-hybridized carbons (Fsp3) is 0.143. The zero-order valence-corrected chi connectivity index (χ0v) is 10.3. The molecule has 4 nitrogen and oxygen atoms in total. The second kappa shape index (κ2) is 5.31. The number of carbonyl (C=O) groups is 1. The molecule has 2 aromatic rings. The van der Waals surface area contributed by atoms with Crippen molar-refractivity contribution in [3.05, 3.63) is 54.1 Å². The molecular formula is C14H14N2O2. The van der Waals surface area contributed by atoms with Crippen molar-refractivity contribution < 1.29 is 9.53 Å². The van der Waals surface area contributed by atoms with Crippen LogP contribution in [0.1, 0.15) is 16.2 Å². The zero-order chi connectivity index (χ0) is 13.0. The summed E-state index contributed by atoms with van der Waals surface area (Å²) in [4.78, 5) is 16.0. The third-order valence-electron chi connectivity index (χ3n) is 2.62. The van der Waals surface area contributed by atoms with E-state index in [1.54, 1.807) is 54.5 Å². The van der Waals surface area contributed by atoms with Crippen LogP contribution in [0.15, 0.2) is 42.7 Å². The van der Waals surface area contributed by atoms with Gasteiger partial charge in [-0.15, -0.1) is 0 Å². The van der Waals surface area contributed by atoms with Crippen LogP contribution in [0.4, 0.5) is 0 Å². The molecule has 0 bridgehead atoms. The van der Waals surface area contributed by atoms with Gasteiger partial charge in [-0.3, -0.25) is 4.79 Å². The van der Waals surface area contributed by atoms with Crippen molar-refractivity contribution in [2.45, 2.75) is 6.92 Å². The van der Waals surface area contributed by atoms with Gasteiger partial charge in [0, 0.05) is 30.2 Å². The summed E-state index contributed by atoms with van der Waals surface area (Å²) >= 11 is 0. The van der Waals surface area contributed by atoms with Crippen LogP contribution in [0.3, 0.4) is 0 Å². The van der Waals surface area contributed by atoms with E-state index in [9.17, 15) is 4.79 Å². The lowest BCUT2D eigenvalue weighted by Crippen LogP contribution is -1.96. The summed E-state index contributed by atoms with van der Waals surface area (Å²) in [6, 6.07) is 7.02. The van der Waals surface area contributed by atoms with Crippen molar-refractivity contribution in [1.82, 2.24) is 9.55 Å². The molecule has 0 radical (unpaired) electrons. The average molecular weight is 242 g/mol. The van der Waals surface area contributed by atoms with Crippen LogP contribution in [-0.2, 0) is 0 Å². The predicted molar refractivity (Wildman–Crippen MR) is 69.6 cm³/mol. The van der Waals surface area contributed by atoms with Crippen LogP contribution >= 0.6 is 0 Å². The molecule has 1 aromatic heterocycles. The van der Waals surface area contributed by atoms with Gasteiger partial charge >= 0.3 is 0 Å². The first-order valence-corrected chi connectivity index (χ1v) is 5.57. The Balaban J connectivity index is 2.12. The van der Waals surface area contributed by atoms with Crippen molar-refractivity contribution in [3.8, 4) is 5.75 Å². The third-order valence-corrected chi connectivity index (χ3v) is 2.62. The summed E-state index contributed by atoms with van der Waals surface area (Å²) in [7, 11) is 1.60. The summed E-state index contributed by atoms with van der Waals surface area (Å²) in [6.07, 6.45) is 6.72. The number of allylic oxidation sites excluding steroid dienone is 1. The van der Waals surface area contributed by atoms with Gasteiger partial charge < -0.3 is 9.30 Å². The smallest absolute Gasteiger partial charge is 0.187 e. The maximum Gasteiger partial charge on any atom is 0.187 e. The number of rotatable bonds is 4. The Labute approximate surface area is 106 Å². The van der Waals surface area contributed by atoms with Gasteiger partial charge in [-0.05, 0) is 31.2 Å². The monoisotopic (exact) mass is 242 g/mol. The van der Waals surface area contributed by atoms with Crippen molar-refractivity contribution >= 4 is 12.0 Å². The molecule has 0 N–H and O–H groups in total. The minimum Gasteiger partial charge on any atom is -0.497 e. The van der Waals surface area contributed by atoms with Crippen molar-refractivity contribution in [3.63, 3.8) is 0 Å². The lowest BCUT2D eigenvalue weighted by Gasteiger charge is -2.00. The lowest BCUT2D eigenvalue weighted by molar-refractivity contribution is 0.104. The molecule has 0 aliphatic carbocycles. The minimum absolute atomic E-state index is 0.0502. The average Bonchev–Trinajstić information content (AvgIpc) is 2.81. The number of hydrogen-bond acceptors (Lipinski definition) is 3. The second-order valence-corrected chi connectivity index (χ2v) is 3.79. The van der Waals surface area contributed by atoms with Crippen molar-refractivity contribution in [1.29, 1.82) is 0 Å². The van der Waals surface area contributed by atoms with E-state index in [2.05, 4.69) is 4.98 Å². The van der Waals surface area contributed by atoms with E-state index in [4.69, 9.17) is 4.74 Å². The molecule has 18 heavy (non-hydrogen) atoms. The summed E-state index contributed by atoms with van der Waals surface area (Å²) in [6.45, 7) is 1.88. The maximum atomic E-state index is 11.9. The summed E-state index contributed by atoms with van der Waals surface area (Å²) < 4.78 is 6.83. The molecule has 0 atom stereocenters. The molecule has 0 saturated carbocycles. The van der Waals surface area contributed by atoms with Crippen LogP contribution in [0, 0.1) is 6.92 Å². The zero-order valence-electron chi connectivity index (χ0n) is 10.3. The normalized spacial score (nSPS) is 10.8. The fourth-order valence-electron chi connectivity index (χ4n) is 1.54. The molecule has 0 aliphatic heterocycles. The Morgan fingerprint density at radius 3 is 2.61 bits per heavy atom. The fourth-order valence-corrected chi connectivity index (χ4v) is 1.54. The number of aromatic nitrogens is 2. The molecule has 0 amide bonds. The van der Waals surface area contributed by atoms with E-state index in [-0.39, 0.29) is 5.78 Å². The minimum atomic E-state index is -0.0502. The number of ketones is 1. The SMILES string of the molecule is COc1ccc(C(=O)/C=C/n2ccnc2C)cc1. The Kier molecular flexibility index (Phi) is 3.57. The van der Waals surface area contributed by atoms with Gasteiger partial charge in [-0.2, -0.15) is 0 Å². The number of imidazole rings is 1. The molecule has 4 heteroatoms. The number of hydrogen-bond donors (Lipinski definition) is 0. The number of nitrogens with zero attached hydrogens (tertiary/aromatic N) is 2. The number of carbonyl (C=O) groups excluding carboxylic acids is 1. The molecular weight excluding hydrogens is 228 g/mol. The van der Waals surface area contributed by atoms with Crippen LogP contribution in [0.5, 0.6) is 5.75 Å². The van der Waals surface area contributed by atoms with E-state index in [1.165, 1.54) is 6.08 Å². The molecule has 0 aliphatic rings. The summed E-state index contributed by atoms with van der Waals surface area (Å²) in [5, 5.41) is 0. The topological polar surface area (TPSA) is 44.1 Å². The number of ether oxygens (including phenoxy) is 1. The first-order valence-electron chi connectivity index (χ1n) is 5.57. The van der Waals surface area contributed by atoms with Crippen molar-refractivity contribution in [2.24, 2.45) is 0 Å². The molecule has 0 unspecified atom stereocenters. The van der Waals surface area contributed by atoms with Crippen LogP contribution < -0.4 is 4.74 Å². The van der Waals surface area contributed by atoms with Gasteiger partial charge in [0.15, 0.2) is 5.78 Å². The van der Waals surface area contributed by atoms with Crippen LogP contribution in [0.25, 0.3) is 6.20 Å². The third kappa shape index (κ3) is 2.66. The highest BCUT2D eigenvalue weighted by Gasteiger charge is 2.02. The van der Waals surface area contributed by atoms with Gasteiger partial charge in [0.1, 0.15) is 11.6 Å². The van der Waals surface area contributed by atoms with Crippen molar-refractivity contribution in [2.75, 3.05) is 7.11 Å². The van der Waals surface area contributed by atoms with E-state index in [1.807, 2.05) is 6.92 Å². The first-order chi connectivity index (χ1) is 8.70. The molecule has 0 saturated heterocycles. The van der Waals surface area contributed by atoms with Gasteiger partial charge in [-0.25, -0.2) is 4.98 Å². The van der Waals surface area contributed by atoms with Gasteiger partial charge in [0.25, 0.3) is 0 Å². The van der Waals surface area contributed by atoms with Gasteiger partial charge in [-0.1, -0.05) is 0 Å². The van der Waals surface area contributed by atoms with Gasteiger partial charge in [0.05, 0.1) is 7.11 Å². The van der Waals surface area contributed by atoms with Gasteiger partial charge in [0.2, 0.25) is 0 Å². The Hall–Kier alpha value is -2.36. The summed E-state index contributed by atoms with van der Waals surface area (Å²) in [5.74, 6) is 1.53. The summed E-state index contributed by atoms with van der Waals surface area (Å²) in [5.41, 5.74) is 0.629. The first kappa shape index (κ1) is 12.1. The quantitative estimate of drug-likeness (QED) is 0.611. The number of methoxy groups -OCH3 is 1. The highest BCUT2D eigenvalue weighted by molar-refractivity contribution is 6.06. The van der Waals surface area contributed by atoms with E-state index in [0.29, 0.717) is 5.56 Å². The second-order valence-electron chi connectivity index (χ2n) is 3.79. The van der Waals surface area contributed by atoms with E-state index in [0.717, 1.165) is 11.6 Å². The maximum absolute atomic E-state index is 11.9. The standard InChI is InChI=1S/C14H14N2O2/c1-11-15-8-10-16(11)9-7-14(17)12-3-5-13(18-2)6-4-12/h3-10H,1-2H3/b9-7+. The van der Waals surface area contributed by atoms with Crippen LogP contribution in [-0.4, -0.2) is 22.4 Å². The number of benzene rings is 1. The Morgan fingerprint density at radius 1 is 1.33 bits per heavy atom. The molecule has 1 heterocycles. The van der Waals surface area contributed by atoms with Crippen LogP contribution in [0.2, 0.25) is 0 Å². The molecule has 0 spiro atoms. The number of aryl methyl sites for hydroxylation is 1. The molecule has 1 aromatic carbocycles. The Morgan fingerprint density at radius 2 is 2.06 bits per heavy atom.